The molecular weight excluding hydrogens is 118 g/mol. The Morgan fingerprint density at radius 3 is 3.11 bits per heavy atom. The van der Waals surface area contributed by atoms with Crippen LogP contribution in [-0.2, 0) is 11.8 Å². The molecule has 1 aromatic heterocycles. The van der Waals surface area contributed by atoms with E-state index in [2.05, 4.69) is 10.3 Å². The average molecular weight is 125 g/mol. The molecule has 1 atom stereocenters. The standard InChI is InChI=1S/C5H7N3O/c1-8-4(2-6-7-8)5-3-9-5/h2,5H,3H2,1H3/t5-/m1/s1. The van der Waals surface area contributed by atoms with Crippen molar-refractivity contribution in [2.24, 2.45) is 7.05 Å². The molecular formula is C5H7N3O. The van der Waals surface area contributed by atoms with Crippen LogP contribution in [0.5, 0.6) is 0 Å². The molecule has 0 N–H and O–H groups in total. The lowest BCUT2D eigenvalue weighted by molar-refractivity contribution is 0.404. The minimum absolute atomic E-state index is 0.269. The number of rotatable bonds is 1. The van der Waals surface area contributed by atoms with Crippen molar-refractivity contribution >= 4 is 0 Å². The van der Waals surface area contributed by atoms with E-state index in [4.69, 9.17) is 4.74 Å². The lowest BCUT2D eigenvalue weighted by Crippen LogP contribution is -1.95. The van der Waals surface area contributed by atoms with E-state index < -0.39 is 0 Å². The van der Waals surface area contributed by atoms with E-state index in [-0.39, 0.29) is 6.10 Å². The molecule has 0 spiro atoms. The first-order valence-electron chi connectivity index (χ1n) is 2.84. The van der Waals surface area contributed by atoms with Gasteiger partial charge < -0.3 is 4.74 Å². The van der Waals surface area contributed by atoms with Crippen LogP contribution in [0.3, 0.4) is 0 Å². The van der Waals surface area contributed by atoms with E-state index >= 15 is 0 Å². The van der Waals surface area contributed by atoms with Gasteiger partial charge in [-0.3, -0.25) is 0 Å². The molecule has 48 valence electrons. The van der Waals surface area contributed by atoms with Crippen LogP contribution in [0, 0.1) is 0 Å². The summed E-state index contributed by atoms with van der Waals surface area (Å²) in [6.45, 7) is 0.821. The first-order valence-corrected chi connectivity index (χ1v) is 2.84. The lowest BCUT2D eigenvalue weighted by Gasteiger charge is -1.90. The first kappa shape index (κ1) is 4.93. The Labute approximate surface area is 52.4 Å². The largest absolute Gasteiger partial charge is 0.366 e. The van der Waals surface area contributed by atoms with Crippen molar-refractivity contribution in [2.45, 2.75) is 6.10 Å². The summed E-state index contributed by atoms with van der Waals surface area (Å²) in [5, 5.41) is 7.48. The van der Waals surface area contributed by atoms with Crippen molar-refractivity contribution in [3.05, 3.63) is 11.9 Å². The van der Waals surface area contributed by atoms with E-state index in [0.29, 0.717) is 0 Å². The maximum atomic E-state index is 5.03. The van der Waals surface area contributed by atoms with Crippen LogP contribution in [-0.4, -0.2) is 21.6 Å². The third-order valence-electron chi connectivity index (χ3n) is 1.41. The molecule has 1 aliphatic rings. The summed E-state index contributed by atoms with van der Waals surface area (Å²) in [5.41, 5.74) is 1.06. The normalized spacial score (nSPS) is 24.3. The van der Waals surface area contributed by atoms with Crippen molar-refractivity contribution < 1.29 is 4.74 Å². The summed E-state index contributed by atoms with van der Waals surface area (Å²) in [6, 6.07) is 0. The average Bonchev–Trinajstić information content (AvgIpc) is 2.58. The second-order valence-corrected chi connectivity index (χ2v) is 2.10. The van der Waals surface area contributed by atoms with Crippen molar-refractivity contribution in [3.8, 4) is 0 Å². The molecule has 1 aromatic rings. The van der Waals surface area contributed by atoms with Gasteiger partial charge >= 0.3 is 0 Å². The monoisotopic (exact) mass is 125 g/mol. The van der Waals surface area contributed by atoms with Crippen molar-refractivity contribution in [3.63, 3.8) is 0 Å². The van der Waals surface area contributed by atoms with Crippen molar-refractivity contribution in [2.75, 3.05) is 6.61 Å². The van der Waals surface area contributed by atoms with E-state index in [9.17, 15) is 0 Å². The van der Waals surface area contributed by atoms with Gasteiger partial charge in [0.2, 0.25) is 0 Å². The Morgan fingerprint density at radius 1 is 1.89 bits per heavy atom. The van der Waals surface area contributed by atoms with Gasteiger partial charge in [-0.15, -0.1) is 5.10 Å². The molecule has 0 aliphatic carbocycles. The molecule has 0 unspecified atom stereocenters. The van der Waals surface area contributed by atoms with Crippen molar-refractivity contribution in [1.82, 2.24) is 15.0 Å². The zero-order valence-electron chi connectivity index (χ0n) is 5.11. The first-order chi connectivity index (χ1) is 4.38. The quantitative estimate of drug-likeness (QED) is 0.492. The minimum Gasteiger partial charge on any atom is -0.366 e. The van der Waals surface area contributed by atoms with Crippen LogP contribution in [0.4, 0.5) is 0 Å². The number of nitrogens with zero attached hydrogens (tertiary/aromatic N) is 3. The van der Waals surface area contributed by atoms with Crippen LogP contribution >= 0.6 is 0 Å². The Balaban J connectivity index is 2.35. The molecule has 2 heterocycles. The molecule has 1 aliphatic heterocycles. The molecule has 0 amide bonds. The smallest absolute Gasteiger partial charge is 0.124 e. The van der Waals surface area contributed by atoms with Gasteiger partial charge in [-0.1, -0.05) is 5.21 Å². The minimum atomic E-state index is 0.269. The fourth-order valence-corrected chi connectivity index (χ4v) is 0.808. The van der Waals surface area contributed by atoms with Gasteiger partial charge in [0.05, 0.1) is 18.5 Å². The number of aromatic nitrogens is 3. The molecule has 4 heteroatoms. The summed E-state index contributed by atoms with van der Waals surface area (Å²) in [7, 11) is 1.87. The second-order valence-electron chi connectivity index (χ2n) is 2.10. The number of ether oxygens (including phenoxy) is 1. The van der Waals surface area contributed by atoms with Crippen LogP contribution in [0.2, 0.25) is 0 Å². The van der Waals surface area contributed by atoms with Gasteiger partial charge in [-0.2, -0.15) is 0 Å². The summed E-state index contributed by atoms with van der Waals surface area (Å²) in [5.74, 6) is 0. The Kier molecular flexibility index (Phi) is 0.843. The van der Waals surface area contributed by atoms with Gasteiger partial charge in [0, 0.05) is 7.05 Å². The molecule has 2 rings (SSSR count). The highest BCUT2D eigenvalue weighted by atomic mass is 16.6. The highest BCUT2D eigenvalue weighted by molar-refractivity contribution is 5.03. The molecule has 0 aromatic carbocycles. The van der Waals surface area contributed by atoms with Crippen LogP contribution in [0.1, 0.15) is 11.8 Å². The maximum absolute atomic E-state index is 5.03. The number of hydrogen-bond donors (Lipinski definition) is 0. The highest BCUT2D eigenvalue weighted by Gasteiger charge is 2.27. The maximum Gasteiger partial charge on any atom is 0.124 e. The summed E-state index contributed by atoms with van der Waals surface area (Å²) >= 11 is 0. The fourth-order valence-electron chi connectivity index (χ4n) is 0.808. The Bertz CT molecular complexity index is 216. The van der Waals surface area contributed by atoms with Crippen molar-refractivity contribution in [1.29, 1.82) is 0 Å². The van der Waals surface area contributed by atoms with E-state index in [1.54, 1.807) is 10.9 Å². The van der Waals surface area contributed by atoms with Crippen LogP contribution in [0.15, 0.2) is 6.20 Å². The van der Waals surface area contributed by atoms with Crippen LogP contribution < -0.4 is 0 Å². The third kappa shape index (κ3) is 0.712. The molecule has 0 saturated carbocycles. The summed E-state index contributed by atoms with van der Waals surface area (Å²) in [6.07, 6.45) is 2.00. The predicted octanol–water partition coefficient (Wildman–Crippen LogP) is -0.114. The third-order valence-corrected chi connectivity index (χ3v) is 1.41. The van der Waals surface area contributed by atoms with E-state index in [1.807, 2.05) is 7.05 Å². The number of hydrogen-bond acceptors (Lipinski definition) is 3. The fraction of sp³-hybridized carbons (Fsp3) is 0.600. The number of aryl methyl sites for hydroxylation is 1. The summed E-state index contributed by atoms with van der Waals surface area (Å²) in [4.78, 5) is 0. The zero-order chi connectivity index (χ0) is 6.27. The van der Waals surface area contributed by atoms with Gasteiger partial charge in [0.1, 0.15) is 6.10 Å². The number of epoxide rings is 1. The Hall–Kier alpha value is -0.900. The van der Waals surface area contributed by atoms with Crippen LogP contribution in [0.25, 0.3) is 0 Å². The van der Waals surface area contributed by atoms with E-state index in [1.165, 1.54) is 0 Å². The van der Waals surface area contributed by atoms with Gasteiger partial charge in [0.25, 0.3) is 0 Å². The molecule has 0 bridgehead atoms. The molecule has 0 radical (unpaired) electrons. The summed E-state index contributed by atoms with van der Waals surface area (Å²) < 4.78 is 6.77. The predicted molar refractivity (Wildman–Crippen MR) is 29.7 cm³/mol. The van der Waals surface area contributed by atoms with Gasteiger partial charge in [0.15, 0.2) is 0 Å². The second kappa shape index (κ2) is 1.54. The molecule has 1 saturated heterocycles. The highest BCUT2D eigenvalue weighted by Crippen LogP contribution is 2.27. The van der Waals surface area contributed by atoms with Gasteiger partial charge in [-0.25, -0.2) is 4.68 Å². The SMILES string of the molecule is Cn1nncc1[C@H]1CO1. The lowest BCUT2D eigenvalue weighted by atomic mass is 10.4. The van der Waals surface area contributed by atoms with Gasteiger partial charge in [-0.05, 0) is 0 Å². The zero-order valence-corrected chi connectivity index (χ0v) is 5.11. The molecule has 1 fully saturated rings. The molecule has 9 heavy (non-hydrogen) atoms. The van der Waals surface area contributed by atoms with E-state index in [0.717, 1.165) is 12.3 Å². The molecule has 4 nitrogen and oxygen atoms in total. The topological polar surface area (TPSA) is 43.2 Å². The Morgan fingerprint density at radius 2 is 2.67 bits per heavy atom.